The number of nitrogens with zero attached hydrogens (tertiary/aromatic N) is 2. The maximum Gasteiger partial charge on any atom is 0.288 e. The smallest absolute Gasteiger partial charge is 0.288 e. The first-order valence-corrected chi connectivity index (χ1v) is 8.23. The van der Waals surface area contributed by atoms with Crippen molar-refractivity contribution in [3.8, 4) is 11.1 Å². The minimum Gasteiger partial charge on any atom is -0.350 e. The van der Waals surface area contributed by atoms with Crippen LogP contribution in [0.3, 0.4) is 0 Å². The fourth-order valence-corrected chi connectivity index (χ4v) is 2.92. The van der Waals surface area contributed by atoms with E-state index >= 15 is 0 Å². The van der Waals surface area contributed by atoms with Crippen molar-refractivity contribution in [3.05, 3.63) is 78.0 Å². The van der Waals surface area contributed by atoms with Crippen LogP contribution in [-0.4, -0.2) is 27.1 Å². The number of H-pyrrole nitrogens is 2. The molecular formula is C20H17N5O. The zero-order chi connectivity index (χ0) is 17.9. The van der Waals surface area contributed by atoms with Crippen molar-refractivity contribution in [2.75, 3.05) is 0 Å². The van der Waals surface area contributed by atoms with Crippen LogP contribution < -0.4 is 5.43 Å². The number of aromatic amines is 2. The minimum atomic E-state index is -0.301. The number of para-hydroxylation sites is 1. The zero-order valence-electron chi connectivity index (χ0n) is 14.2. The van der Waals surface area contributed by atoms with E-state index in [0.29, 0.717) is 11.4 Å². The van der Waals surface area contributed by atoms with Crippen molar-refractivity contribution < 1.29 is 4.79 Å². The summed E-state index contributed by atoms with van der Waals surface area (Å²) in [7, 11) is 0. The van der Waals surface area contributed by atoms with Gasteiger partial charge in [-0.25, -0.2) is 10.4 Å². The van der Waals surface area contributed by atoms with E-state index in [-0.39, 0.29) is 5.91 Å². The Balaban J connectivity index is 1.70. The molecule has 6 nitrogen and oxygen atoms in total. The highest BCUT2D eigenvalue weighted by atomic mass is 16.2. The Morgan fingerprint density at radius 3 is 2.65 bits per heavy atom. The highest BCUT2D eigenvalue weighted by Gasteiger charge is 2.18. The number of carbonyl (C=O) groups excluding carboxylic acids is 1. The predicted octanol–water partition coefficient (Wildman–Crippen LogP) is 3.63. The van der Waals surface area contributed by atoms with Crippen LogP contribution in [0.1, 0.15) is 21.9 Å². The molecule has 26 heavy (non-hydrogen) atoms. The van der Waals surface area contributed by atoms with E-state index in [1.165, 1.54) is 6.21 Å². The van der Waals surface area contributed by atoms with E-state index in [0.717, 1.165) is 27.7 Å². The molecule has 0 atom stereocenters. The molecule has 2 heterocycles. The van der Waals surface area contributed by atoms with Crippen molar-refractivity contribution in [1.29, 1.82) is 0 Å². The van der Waals surface area contributed by atoms with Gasteiger partial charge in [-0.3, -0.25) is 4.79 Å². The molecule has 0 aliphatic heterocycles. The van der Waals surface area contributed by atoms with E-state index < -0.39 is 0 Å². The Morgan fingerprint density at radius 1 is 1.12 bits per heavy atom. The highest BCUT2D eigenvalue weighted by molar-refractivity contribution is 6.09. The Hall–Kier alpha value is -3.67. The quantitative estimate of drug-likeness (QED) is 0.390. The molecule has 0 bridgehead atoms. The first-order valence-electron chi connectivity index (χ1n) is 8.23. The molecule has 6 heteroatoms. The maximum atomic E-state index is 12.7. The van der Waals surface area contributed by atoms with Crippen molar-refractivity contribution in [3.63, 3.8) is 0 Å². The molecule has 0 radical (unpaired) electrons. The highest BCUT2D eigenvalue weighted by Crippen LogP contribution is 2.32. The molecule has 0 spiro atoms. The number of nitrogens with one attached hydrogen (secondary N) is 3. The summed E-state index contributed by atoms with van der Waals surface area (Å²) in [4.78, 5) is 23.0. The molecule has 3 N–H and O–H groups in total. The number of aromatic nitrogens is 3. The van der Waals surface area contributed by atoms with Gasteiger partial charge in [-0.2, -0.15) is 5.10 Å². The van der Waals surface area contributed by atoms with E-state index in [2.05, 4.69) is 25.5 Å². The van der Waals surface area contributed by atoms with Crippen LogP contribution in [0.15, 0.2) is 66.0 Å². The molecule has 0 aliphatic rings. The van der Waals surface area contributed by atoms with Gasteiger partial charge in [-0.1, -0.05) is 48.5 Å². The van der Waals surface area contributed by atoms with Crippen LogP contribution in [0, 0.1) is 6.92 Å². The topological polar surface area (TPSA) is 85.9 Å². The van der Waals surface area contributed by atoms with Crippen molar-refractivity contribution >= 4 is 23.0 Å². The summed E-state index contributed by atoms with van der Waals surface area (Å²) in [5, 5.41) is 5.03. The number of carbonyl (C=O) groups is 1. The lowest BCUT2D eigenvalue weighted by atomic mass is 10.0. The number of hydrazone groups is 1. The molecule has 2 aromatic carbocycles. The second-order valence-corrected chi connectivity index (χ2v) is 5.90. The summed E-state index contributed by atoms with van der Waals surface area (Å²) in [6.45, 7) is 1.89. The summed E-state index contributed by atoms with van der Waals surface area (Å²) in [5.41, 5.74) is 7.38. The molecule has 4 aromatic rings. The fraction of sp³-hybridized carbons (Fsp3) is 0.0500. The number of fused-ring (bicyclic) bond motifs is 1. The van der Waals surface area contributed by atoms with Gasteiger partial charge >= 0.3 is 0 Å². The first-order chi connectivity index (χ1) is 12.7. The summed E-state index contributed by atoms with van der Waals surface area (Å²) in [5.74, 6) is -0.301. The largest absolute Gasteiger partial charge is 0.350 e. The van der Waals surface area contributed by atoms with Gasteiger partial charge in [0, 0.05) is 22.2 Å². The normalized spacial score (nSPS) is 11.3. The van der Waals surface area contributed by atoms with Gasteiger partial charge < -0.3 is 9.97 Å². The van der Waals surface area contributed by atoms with E-state index in [1.54, 1.807) is 6.33 Å². The Morgan fingerprint density at radius 2 is 1.88 bits per heavy atom. The third-order valence-corrected chi connectivity index (χ3v) is 4.22. The first kappa shape index (κ1) is 15.8. The van der Waals surface area contributed by atoms with Gasteiger partial charge in [0.15, 0.2) is 0 Å². The lowest BCUT2D eigenvalue weighted by Gasteiger charge is -2.04. The van der Waals surface area contributed by atoms with Crippen LogP contribution in [0.2, 0.25) is 0 Å². The lowest BCUT2D eigenvalue weighted by molar-refractivity contribution is 0.0951. The number of rotatable bonds is 4. The molecule has 128 valence electrons. The standard InChI is InChI=1S/C20H17N5O/c1-13-17(22-12-21-13)11-23-25-20(26)19-18(14-7-3-2-4-8-14)15-9-5-6-10-16(15)24-19/h2-12,24H,1H3,(H,21,22)(H,25,26)/b23-11+. The molecule has 0 saturated carbocycles. The number of benzene rings is 2. The third-order valence-electron chi connectivity index (χ3n) is 4.22. The van der Waals surface area contributed by atoms with Crippen LogP contribution in [0.25, 0.3) is 22.0 Å². The Bertz CT molecular complexity index is 1090. The second kappa shape index (κ2) is 6.68. The monoisotopic (exact) mass is 343 g/mol. The number of hydrogen-bond acceptors (Lipinski definition) is 3. The lowest BCUT2D eigenvalue weighted by Crippen LogP contribution is -2.19. The molecule has 1 amide bonds. The minimum absolute atomic E-state index is 0.301. The predicted molar refractivity (Wildman–Crippen MR) is 102 cm³/mol. The summed E-state index contributed by atoms with van der Waals surface area (Å²) in [6.07, 6.45) is 3.11. The van der Waals surface area contributed by atoms with Crippen molar-refractivity contribution in [1.82, 2.24) is 20.4 Å². The van der Waals surface area contributed by atoms with Crippen LogP contribution in [-0.2, 0) is 0 Å². The second-order valence-electron chi connectivity index (χ2n) is 5.90. The zero-order valence-corrected chi connectivity index (χ0v) is 14.2. The van der Waals surface area contributed by atoms with Gasteiger partial charge in [0.05, 0.1) is 12.5 Å². The van der Waals surface area contributed by atoms with Gasteiger partial charge in [0.1, 0.15) is 11.4 Å². The van der Waals surface area contributed by atoms with Crippen LogP contribution in [0.4, 0.5) is 0 Å². The Kier molecular flexibility index (Phi) is 4.07. The van der Waals surface area contributed by atoms with Gasteiger partial charge in [-0.05, 0) is 18.6 Å². The summed E-state index contributed by atoms with van der Waals surface area (Å²) >= 11 is 0. The molecule has 0 fully saturated rings. The van der Waals surface area contributed by atoms with Gasteiger partial charge in [0.2, 0.25) is 0 Å². The van der Waals surface area contributed by atoms with E-state index in [1.807, 2.05) is 61.5 Å². The number of hydrogen-bond donors (Lipinski definition) is 3. The average molecular weight is 343 g/mol. The van der Waals surface area contributed by atoms with Gasteiger partial charge in [0.25, 0.3) is 5.91 Å². The molecule has 0 unspecified atom stereocenters. The molecule has 4 rings (SSSR count). The average Bonchev–Trinajstić information content (AvgIpc) is 3.26. The number of amides is 1. The van der Waals surface area contributed by atoms with Crippen LogP contribution >= 0.6 is 0 Å². The molecule has 0 saturated heterocycles. The Labute approximate surface area is 150 Å². The fourth-order valence-electron chi connectivity index (χ4n) is 2.92. The molecule has 2 aromatic heterocycles. The number of imidazole rings is 1. The third kappa shape index (κ3) is 2.88. The summed E-state index contributed by atoms with van der Waals surface area (Å²) in [6, 6.07) is 17.7. The van der Waals surface area contributed by atoms with Crippen LogP contribution in [0.5, 0.6) is 0 Å². The molecule has 0 aliphatic carbocycles. The maximum absolute atomic E-state index is 12.7. The van der Waals surface area contributed by atoms with Crippen molar-refractivity contribution in [2.45, 2.75) is 6.92 Å². The van der Waals surface area contributed by atoms with Gasteiger partial charge in [-0.15, -0.1) is 0 Å². The SMILES string of the molecule is Cc1[nH]cnc1/C=N/NC(=O)c1[nH]c2ccccc2c1-c1ccccc1. The summed E-state index contributed by atoms with van der Waals surface area (Å²) < 4.78 is 0. The van der Waals surface area contributed by atoms with E-state index in [9.17, 15) is 4.79 Å². The van der Waals surface area contributed by atoms with Crippen molar-refractivity contribution in [2.24, 2.45) is 5.10 Å². The van der Waals surface area contributed by atoms with E-state index in [4.69, 9.17) is 0 Å². The number of aryl methyl sites for hydroxylation is 1. The molecular weight excluding hydrogens is 326 g/mol.